The standard InChI is InChI=1S/C50H29N3S2/c1-2-10-30(11-3-1)31-18-20-33(21-19-31)49-51-48(47-38-14-6-9-17-44(38)55-50(47)52-49)32-22-25-35(26-23-32)53-41-15-7-4-12-36(41)40-29-39-34(28-42(40)53)24-27-45-46(39)37-13-5-8-16-43(37)54-45/h1-29H. The lowest BCUT2D eigenvalue weighted by Gasteiger charge is -2.11. The summed E-state index contributed by atoms with van der Waals surface area (Å²) in [6, 6.07) is 63.6. The van der Waals surface area contributed by atoms with Gasteiger partial charge in [-0.15, -0.1) is 22.7 Å². The molecular weight excluding hydrogens is 707 g/mol. The molecule has 5 heteroatoms. The zero-order valence-corrected chi connectivity index (χ0v) is 31.0. The lowest BCUT2D eigenvalue weighted by Crippen LogP contribution is -1.96. The first-order valence-electron chi connectivity index (χ1n) is 18.5. The van der Waals surface area contributed by atoms with E-state index in [4.69, 9.17) is 9.97 Å². The van der Waals surface area contributed by atoms with Gasteiger partial charge in [0.05, 0.1) is 16.7 Å². The third-order valence-corrected chi connectivity index (χ3v) is 13.2. The van der Waals surface area contributed by atoms with Crippen LogP contribution in [0.5, 0.6) is 0 Å². The van der Waals surface area contributed by atoms with Crippen LogP contribution in [-0.2, 0) is 0 Å². The molecule has 0 saturated heterocycles. The van der Waals surface area contributed by atoms with Crippen molar-refractivity contribution in [3.63, 3.8) is 0 Å². The van der Waals surface area contributed by atoms with Crippen molar-refractivity contribution in [2.45, 2.75) is 0 Å². The Bertz CT molecular complexity index is 3460. The molecule has 4 aromatic heterocycles. The van der Waals surface area contributed by atoms with E-state index >= 15 is 0 Å². The van der Waals surface area contributed by atoms with Crippen LogP contribution in [0, 0.1) is 0 Å². The Labute approximate surface area is 324 Å². The number of aromatic nitrogens is 3. The highest BCUT2D eigenvalue weighted by Crippen LogP contribution is 2.43. The van der Waals surface area contributed by atoms with Gasteiger partial charge in [-0.3, -0.25) is 0 Å². The number of para-hydroxylation sites is 1. The molecule has 0 unspecified atom stereocenters. The number of hydrogen-bond donors (Lipinski definition) is 0. The average Bonchev–Trinajstić information content (AvgIpc) is 3.92. The quantitative estimate of drug-likeness (QED) is 0.180. The Morgan fingerprint density at radius 2 is 1.02 bits per heavy atom. The number of rotatable bonds is 4. The van der Waals surface area contributed by atoms with Crippen molar-refractivity contribution in [2.24, 2.45) is 0 Å². The number of hydrogen-bond acceptors (Lipinski definition) is 4. The molecule has 256 valence electrons. The molecule has 3 nitrogen and oxygen atoms in total. The molecule has 0 aliphatic carbocycles. The summed E-state index contributed by atoms with van der Waals surface area (Å²) >= 11 is 3.61. The molecule has 8 aromatic carbocycles. The molecule has 4 heterocycles. The maximum absolute atomic E-state index is 5.32. The van der Waals surface area contributed by atoms with Crippen LogP contribution >= 0.6 is 22.7 Å². The second-order valence-corrected chi connectivity index (χ2v) is 16.3. The van der Waals surface area contributed by atoms with E-state index in [1.54, 1.807) is 11.3 Å². The van der Waals surface area contributed by atoms with Gasteiger partial charge in [0.1, 0.15) is 4.83 Å². The fourth-order valence-electron chi connectivity index (χ4n) is 8.46. The summed E-state index contributed by atoms with van der Waals surface area (Å²) in [7, 11) is 0. The molecule has 12 rings (SSSR count). The van der Waals surface area contributed by atoms with Crippen LogP contribution in [0.2, 0.25) is 0 Å². The lowest BCUT2D eigenvalue weighted by atomic mass is 10.0. The van der Waals surface area contributed by atoms with Gasteiger partial charge in [-0.05, 0) is 70.4 Å². The fourth-order valence-corrected chi connectivity index (χ4v) is 10.7. The normalized spacial score (nSPS) is 12.0. The van der Waals surface area contributed by atoms with Gasteiger partial charge in [0, 0.05) is 63.2 Å². The van der Waals surface area contributed by atoms with E-state index in [0.29, 0.717) is 0 Å². The van der Waals surface area contributed by atoms with Crippen molar-refractivity contribution in [3.05, 3.63) is 176 Å². The van der Waals surface area contributed by atoms with Gasteiger partial charge in [-0.25, -0.2) is 9.97 Å². The Hall–Kier alpha value is -6.66. The minimum atomic E-state index is 0.736. The van der Waals surface area contributed by atoms with E-state index in [2.05, 4.69) is 174 Å². The first-order valence-corrected chi connectivity index (χ1v) is 20.1. The monoisotopic (exact) mass is 735 g/mol. The second kappa shape index (κ2) is 11.9. The first kappa shape index (κ1) is 30.8. The van der Waals surface area contributed by atoms with E-state index < -0.39 is 0 Å². The van der Waals surface area contributed by atoms with Crippen LogP contribution in [-0.4, -0.2) is 14.5 Å². The van der Waals surface area contributed by atoms with Gasteiger partial charge in [-0.1, -0.05) is 127 Å². The van der Waals surface area contributed by atoms with Crippen LogP contribution in [0.4, 0.5) is 0 Å². The topological polar surface area (TPSA) is 30.7 Å². The van der Waals surface area contributed by atoms with Crippen LogP contribution in [0.1, 0.15) is 0 Å². The number of thiophene rings is 2. The summed E-state index contributed by atoms with van der Waals surface area (Å²) in [6.07, 6.45) is 0. The summed E-state index contributed by atoms with van der Waals surface area (Å²) < 4.78 is 6.29. The van der Waals surface area contributed by atoms with Gasteiger partial charge in [0.25, 0.3) is 0 Å². The first-order chi connectivity index (χ1) is 27.2. The average molecular weight is 736 g/mol. The van der Waals surface area contributed by atoms with Crippen molar-refractivity contribution >= 4 is 95.7 Å². The van der Waals surface area contributed by atoms with Gasteiger partial charge >= 0.3 is 0 Å². The van der Waals surface area contributed by atoms with Crippen molar-refractivity contribution in [1.82, 2.24) is 14.5 Å². The van der Waals surface area contributed by atoms with E-state index in [-0.39, 0.29) is 0 Å². The van der Waals surface area contributed by atoms with E-state index in [9.17, 15) is 0 Å². The van der Waals surface area contributed by atoms with Gasteiger partial charge < -0.3 is 4.57 Å². The Morgan fingerprint density at radius 3 is 1.82 bits per heavy atom. The molecule has 0 bridgehead atoms. The lowest BCUT2D eigenvalue weighted by molar-refractivity contribution is 1.18. The fraction of sp³-hybridized carbons (Fsp3) is 0. The summed E-state index contributed by atoms with van der Waals surface area (Å²) in [5.74, 6) is 0.736. The molecule has 0 radical (unpaired) electrons. The van der Waals surface area contributed by atoms with Crippen molar-refractivity contribution in [2.75, 3.05) is 0 Å². The molecule has 0 saturated carbocycles. The van der Waals surface area contributed by atoms with Crippen molar-refractivity contribution < 1.29 is 0 Å². The van der Waals surface area contributed by atoms with E-state index in [1.165, 1.54) is 74.0 Å². The Morgan fingerprint density at radius 1 is 0.382 bits per heavy atom. The molecule has 0 atom stereocenters. The number of benzene rings is 8. The molecule has 0 aliphatic heterocycles. The molecule has 55 heavy (non-hydrogen) atoms. The smallest absolute Gasteiger partial charge is 0.161 e. The van der Waals surface area contributed by atoms with Crippen molar-refractivity contribution in [3.8, 4) is 39.5 Å². The van der Waals surface area contributed by atoms with Crippen LogP contribution in [0.3, 0.4) is 0 Å². The maximum Gasteiger partial charge on any atom is 0.161 e. The molecular formula is C50H29N3S2. The predicted octanol–water partition coefficient (Wildman–Crippen LogP) is 14.5. The molecule has 0 fully saturated rings. The van der Waals surface area contributed by atoms with Gasteiger partial charge in [-0.2, -0.15) is 0 Å². The number of fused-ring (bicyclic) bond motifs is 11. The third-order valence-electron chi connectivity index (χ3n) is 11.0. The minimum absolute atomic E-state index is 0.736. The van der Waals surface area contributed by atoms with E-state index in [0.717, 1.165) is 38.5 Å². The van der Waals surface area contributed by atoms with Crippen molar-refractivity contribution in [1.29, 1.82) is 0 Å². The molecule has 0 N–H and O–H groups in total. The van der Waals surface area contributed by atoms with Gasteiger partial charge in [0.2, 0.25) is 0 Å². The Balaban J connectivity index is 1.02. The van der Waals surface area contributed by atoms with Gasteiger partial charge in [0.15, 0.2) is 5.82 Å². The Kier molecular flexibility index (Phi) is 6.67. The zero-order chi connectivity index (χ0) is 36.0. The summed E-state index contributed by atoms with van der Waals surface area (Å²) in [5.41, 5.74) is 8.91. The zero-order valence-electron chi connectivity index (χ0n) is 29.4. The maximum atomic E-state index is 5.32. The third kappa shape index (κ3) is 4.74. The summed E-state index contributed by atoms with van der Waals surface area (Å²) in [5, 5.41) is 10.1. The van der Waals surface area contributed by atoms with E-state index in [1.807, 2.05) is 17.4 Å². The minimum Gasteiger partial charge on any atom is -0.309 e. The molecule has 0 aliphatic rings. The van der Waals surface area contributed by atoms with Crippen LogP contribution in [0.15, 0.2) is 176 Å². The largest absolute Gasteiger partial charge is 0.309 e. The SMILES string of the molecule is c1ccc(-c2ccc(-c3nc(-c4ccc(-n5c6ccccc6c6cc7c(ccc8sc9ccccc9c87)cc65)cc4)c4c(n3)sc3ccccc34)cc2)cc1. The van der Waals surface area contributed by atoms with Crippen LogP contribution in [0.25, 0.3) is 113 Å². The number of nitrogens with zero attached hydrogens (tertiary/aromatic N) is 3. The molecule has 0 amide bonds. The highest BCUT2D eigenvalue weighted by molar-refractivity contribution is 7.26. The predicted molar refractivity (Wildman–Crippen MR) is 236 cm³/mol. The van der Waals surface area contributed by atoms with Crippen LogP contribution < -0.4 is 0 Å². The second-order valence-electron chi connectivity index (χ2n) is 14.1. The summed E-state index contributed by atoms with van der Waals surface area (Å²) in [4.78, 5) is 11.5. The summed E-state index contributed by atoms with van der Waals surface area (Å²) in [6.45, 7) is 0. The molecule has 12 aromatic rings. The molecule has 0 spiro atoms. The highest BCUT2D eigenvalue weighted by Gasteiger charge is 2.19. The highest BCUT2D eigenvalue weighted by atomic mass is 32.1.